The van der Waals surface area contributed by atoms with E-state index in [4.69, 9.17) is 0 Å². The van der Waals surface area contributed by atoms with Crippen molar-refractivity contribution < 1.29 is 9.18 Å². The number of nitrogens with one attached hydrogen (secondary N) is 2. The van der Waals surface area contributed by atoms with Crippen LogP contribution in [0.1, 0.15) is 31.2 Å². The molecule has 29 heavy (non-hydrogen) atoms. The minimum Gasteiger partial charge on any atom is -0.355 e. The molecule has 8 heteroatoms. The summed E-state index contributed by atoms with van der Waals surface area (Å²) in [5, 5.41) is 6.67. The Morgan fingerprint density at radius 1 is 1.14 bits per heavy atom. The third-order valence-electron chi connectivity index (χ3n) is 5.39. The molecule has 1 fully saturated rings. The van der Waals surface area contributed by atoms with Gasteiger partial charge in [0, 0.05) is 47.3 Å². The molecule has 164 valence electrons. The molecule has 0 unspecified atom stereocenters. The van der Waals surface area contributed by atoms with Crippen LogP contribution in [-0.4, -0.2) is 69.5 Å². The Kier molecular flexibility index (Phi) is 10.9. The smallest absolute Gasteiger partial charge is 0.230 e. The lowest BCUT2D eigenvalue weighted by Crippen LogP contribution is -2.49. The molecule has 1 saturated carbocycles. The van der Waals surface area contributed by atoms with Crippen molar-refractivity contribution in [1.82, 2.24) is 20.4 Å². The van der Waals surface area contributed by atoms with Crippen molar-refractivity contribution in [3.05, 3.63) is 35.6 Å². The van der Waals surface area contributed by atoms with Crippen LogP contribution in [0.5, 0.6) is 0 Å². The molecule has 0 spiro atoms. The fourth-order valence-corrected chi connectivity index (χ4v) is 3.81. The summed E-state index contributed by atoms with van der Waals surface area (Å²) in [7, 11) is 7.43. The number of guanidine groups is 1. The fraction of sp³-hybridized carbons (Fsp3) is 0.619. The fourth-order valence-electron chi connectivity index (χ4n) is 3.81. The summed E-state index contributed by atoms with van der Waals surface area (Å²) in [6, 6.07) is 6.59. The van der Waals surface area contributed by atoms with Crippen molar-refractivity contribution in [3.8, 4) is 0 Å². The number of likely N-dealkylation sites (N-methyl/N-ethyl adjacent to an activating group) is 1. The molecule has 0 aromatic heterocycles. The maximum absolute atomic E-state index is 13.0. The molecule has 2 N–H and O–H groups in total. The van der Waals surface area contributed by atoms with Gasteiger partial charge >= 0.3 is 0 Å². The maximum atomic E-state index is 13.0. The van der Waals surface area contributed by atoms with Crippen LogP contribution < -0.4 is 10.6 Å². The highest BCUT2D eigenvalue weighted by Gasteiger charge is 2.42. The van der Waals surface area contributed by atoms with Crippen LogP contribution in [0.3, 0.4) is 0 Å². The van der Waals surface area contributed by atoms with E-state index in [1.807, 2.05) is 33.3 Å². The average molecular weight is 519 g/mol. The minimum atomic E-state index is -0.319. The first-order chi connectivity index (χ1) is 13.4. The van der Waals surface area contributed by atoms with Gasteiger partial charge in [0.1, 0.15) is 5.82 Å². The van der Waals surface area contributed by atoms with Crippen LogP contribution in [0, 0.1) is 11.2 Å². The predicted molar refractivity (Wildman–Crippen MR) is 127 cm³/mol. The molecule has 0 heterocycles. The largest absolute Gasteiger partial charge is 0.355 e. The third-order valence-corrected chi connectivity index (χ3v) is 5.39. The van der Waals surface area contributed by atoms with Crippen molar-refractivity contribution in [3.63, 3.8) is 0 Å². The Morgan fingerprint density at radius 2 is 1.76 bits per heavy atom. The van der Waals surface area contributed by atoms with E-state index >= 15 is 0 Å². The molecule has 1 aliphatic rings. The van der Waals surface area contributed by atoms with E-state index in [0.29, 0.717) is 12.5 Å². The van der Waals surface area contributed by atoms with E-state index in [1.54, 1.807) is 11.9 Å². The molecule has 1 aromatic carbocycles. The standard InChI is InChI=1S/C21H34FN5O.HI/c1-23-20(25-16-21(11-5-6-12-21)19(28)26(2)3)24-13-14-27(4)15-17-7-9-18(22)10-8-17;/h7-10H,5-6,11-16H2,1-4H3,(H2,23,24,25);1H. The van der Waals surface area contributed by atoms with Gasteiger partial charge in [0.15, 0.2) is 5.96 Å². The predicted octanol–water partition coefficient (Wildman–Crippen LogP) is 2.69. The summed E-state index contributed by atoms with van der Waals surface area (Å²) in [4.78, 5) is 20.8. The second-order valence-corrected chi connectivity index (χ2v) is 7.90. The number of rotatable bonds is 8. The molecular weight excluding hydrogens is 484 g/mol. The summed E-state index contributed by atoms with van der Waals surface area (Å²) in [6.45, 7) is 2.91. The lowest BCUT2D eigenvalue weighted by Gasteiger charge is -2.31. The Labute approximate surface area is 191 Å². The number of halogens is 2. The molecule has 2 rings (SSSR count). The second-order valence-electron chi connectivity index (χ2n) is 7.90. The van der Waals surface area contributed by atoms with Crippen molar-refractivity contribution in [2.75, 3.05) is 47.8 Å². The highest BCUT2D eigenvalue weighted by atomic mass is 127. The van der Waals surface area contributed by atoms with Gasteiger partial charge in [-0.1, -0.05) is 25.0 Å². The first-order valence-electron chi connectivity index (χ1n) is 9.95. The number of aliphatic imine (C=N–C) groups is 1. The van der Waals surface area contributed by atoms with Crippen LogP contribution in [0.2, 0.25) is 0 Å². The Bertz CT molecular complexity index is 660. The summed E-state index contributed by atoms with van der Waals surface area (Å²) in [5.74, 6) is 0.704. The van der Waals surface area contributed by atoms with E-state index in [1.165, 1.54) is 12.1 Å². The number of hydrogen-bond acceptors (Lipinski definition) is 3. The monoisotopic (exact) mass is 519 g/mol. The number of carbonyl (C=O) groups is 1. The lowest BCUT2D eigenvalue weighted by molar-refractivity contribution is -0.138. The Balaban J connectivity index is 0.00000420. The number of carbonyl (C=O) groups excluding carboxylic acids is 1. The number of hydrogen-bond donors (Lipinski definition) is 2. The van der Waals surface area contributed by atoms with Crippen molar-refractivity contribution in [2.45, 2.75) is 32.2 Å². The second kappa shape index (κ2) is 12.3. The zero-order chi connectivity index (χ0) is 20.6. The first-order valence-corrected chi connectivity index (χ1v) is 9.95. The molecule has 6 nitrogen and oxygen atoms in total. The first kappa shape index (κ1) is 25.6. The van der Waals surface area contributed by atoms with E-state index < -0.39 is 0 Å². The van der Waals surface area contributed by atoms with Crippen molar-refractivity contribution in [1.29, 1.82) is 0 Å². The maximum Gasteiger partial charge on any atom is 0.230 e. The van der Waals surface area contributed by atoms with Gasteiger partial charge in [0.25, 0.3) is 0 Å². The zero-order valence-electron chi connectivity index (χ0n) is 18.0. The van der Waals surface area contributed by atoms with Gasteiger partial charge in [0.05, 0.1) is 5.41 Å². The quantitative estimate of drug-likeness (QED) is 0.315. The van der Waals surface area contributed by atoms with E-state index in [0.717, 1.165) is 50.9 Å². The SMILES string of the molecule is CN=C(NCCN(C)Cc1ccc(F)cc1)NCC1(C(=O)N(C)C)CCCC1.I. The molecule has 1 amide bonds. The summed E-state index contributed by atoms with van der Waals surface area (Å²) >= 11 is 0. The van der Waals surface area contributed by atoms with Crippen LogP contribution >= 0.6 is 24.0 Å². The average Bonchev–Trinajstić information content (AvgIpc) is 3.15. The van der Waals surface area contributed by atoms with Crippen LogP contribution in [0.25, 0.3) is 0 Å². The summed E-state index contributed by atoms with van der Waals surface area (Å²) < 4.78 is 13.0. The normalized spacial score (nSPS) is 15.7. The molecule has 0 aliphatic heterocycles. The van der Waals surface area contributed by atoms with Gasteiger partial charge in [-0.25, -0.2) is 4.39 Å². The van der Waals surface area contributed by atoms with Gasteiger partial charge in [-0.15, -0.1) is 24.0 Å². The highest BCUT2D eigenvalue weighted by Crippen LogP contribution is 2.38. The molecule has 0 bridgehead atoms. The third kappa shape index (κ3) is 7.73. The molecule has 0 atom stereocenters. The van der Waals surface area contributed by atoms with Gasteiger partial charge in [-0.3, -0.25) is 9.79 Å². The molecule has 1 aromatic rings. The molecule has 0 saturated heterocycles. The van der Waals surface area contributed by atoms with Crippen LogP contribution in [-0.2, 0) is 11.3 Å². The number of amides is 1. The molecular formula is C21H35FIN5O. The van der Waals surface area contributed by atoms with Gasteiger partial charge in [-0.05, 0) is 37.6 Å². The van der Waals surface area contributed by atoms with Gasteiger partial charge in [0.2, 0.25) is 5.91 Å². The number of benzene rings is 1. The Morgan fingerprint density at radius 3 is 2.31 bits per heavy atom. The van der Waals surface area contributed by atoms with Crippen molar-refractivity contribution in [2.24, 2.45) is 10.4 Å². The Hall–Kier alpha value is -1.42. The van der Waals surface area contributed by atoms with E-state index in [-0.39, 0.29) is 41.1 Å². The van der Waals surface area contributed by atoms with E-state index in [9.17, 15) is 9.18 Å². The van der Waals surface area contributed by atoms with E-state index in [2.05, 4.69) is 20.5 Å². The van der Waals surface area contributed by atoms with Gasteiger partial charge in [-0.2, -0.15) is 0 Å². The summed E-state index contributed by atoms with van der Waals surface area (Å²) in [5.41, 5.74) is 0.761. The zero-order valence-corrected chi connectivity index (χ0v) is 20.3. The topological polar surface area (TPSA) is 60.0 Å². The van der Waals surface area contributed by atoms with Crippen LogP contribution in [0.15, 0.2) is 29.3 Å². The minimum absolute atomic E-state index is 0. The molecule has 1 aliphatic carbocycles. The van der Waals surface area contributed by atoms with Gasteiger partial charge < -0.3 is 20.4 Å². The summed E-state index contributed by atoms with van der Waals surface area (Å²) in [6.07, 6.45) is 4.05. The lowest BCUT2D eigenvalue weighted by atomic mass is 9.84. The van der Waals surface area contributed by atoms with Crippen LogP contribution in [0.4, 0.5) is 4.39 Å². The number of nitrogens with zero attached hydrogens (tertiary/aromatic N) is 3. The van der Waals surface area contributed by atoms with Crippen molar-refractivity contribution >= 4 is 35.8 Å². The molecule has 0 radical (unpaired) electrons. The highest BCUT2D eigenvalue weighted by molar-refractivity contribution is 14.0.